The summed E-state index contributed by atoms with van der Waals surface area (Å²) < 4.78 is 24.9. The van der Waals surface area contributed by atoms with Crippen LogP contribution in [0.1, 0.15) is 30.4 Å². The van der Waals surface area contributed by atoms with Gasteiger partial charge in [-0.1, -0.05) is 6.07 Å². The number of fused-ring (bicyclic) bond motifs is 1. The SMILES string of the molecule is Cc1ccc(Nc2c(NSC3(CC=O)CC3)c3n(c(=O)c2C)CCO3)c(F)c1. The van der Waals surface area contributed by atoms with Crippen molar-refractivity contribution in [3.63, 3.8) is 0 Å². The fraction of sp³-hybridized carbons (Fsp3) is 0.400. The van der Waals surface area contributed by atoms with Crippen molar-refractivity contribution in [2.24, 2.45) is 0 Å². The van der Waals surface area contributed by atoms with Gasteiger partial charge in [-0.3, -0.25) is 9.36 Å². The van der Waals surface area contributed by atoms with E-state index in [0.29, 0.717) is 42.4 Å². The lowest BCUT2D eigenvalue weighted by Gasteiger charge is -2.21. The average molecular weight is 403 g/mol. The van der Waals surface area contributed by atoms with Gasteiger partial charge in [0, 0.05) is 16.7 Å². The predicted octanol–water partition coefficient (Wildman–Crippen LogP) is 3.92. The third-order valence-corrected chi connectivity index (χ3v) is 6.53. The number of ether oxygens (including phenoxy) is 1. The van der Waals surface area contributed by atoms with Crippen molar-refractivity contribution in [3.8, 4) is 5.88 Å². The molecule has 148 valence electrons. The number of aromatic nitrogens is 1. The summed E-state index contributed by atoms with van der Waals surface area (Å²) in [5.74, 6) is 0.0548. The Morgan fingerprint density at radius 1 is 1.32 bits per heavy atom. The molecule has 2 aliphatic rings. The van der Waals surface area contributed by atoms with E-state index in [1.54, 1.807) is 17.6 Å². The Bertz CT molecular complexity index is 1000. The summed E-state index contributed by atoms with van der Waals surface area (Å²) in [6.45, 7) is 4.43. The highest BCUT2D eigenvalue weighted by Gasteiger charge is 2.44. The van der Waals surface area contributed by atoms with E-state index in [0.717, 1.165) is 24.7 Å². The summed E-state index contributed by atoms with van der Waals surface area (Å²) in [5.41, 5.74) is 2.53. The number of pyridine rings is 1. The monoisotopic (exact) mass is 403 g/mol. The predicted molar refractivity (Wildman–Crippen MR) is 109 cm³/mol. The zero-order valence-corrected chi connectivity index (χ0v) is 16.6. The molecule has 1 saturated carbocycles. The molecule has 0 bridgehead atoms. The van der Waals surface area contributed by atoms with Gasteiger partial charge in [-0.2, -0.15) is 0 Å². The first-order valence-electron chi connectivity index (χ1n) is 9.25. The molecule has 28 heavy (non-hydrogen) atoms. The molecule has 1 aliphatic carbocycles. The Balaban J connectivity index is 1.74. The molecule has 0 spiro atoms. The van der Waals surface area contributed by atoms with Crippen LogP contribution < -0.4 is 20.3 Å². The lowest BCUT2D eigenvalue weighted by atomic mass is 10.1. The zero-order valence-electron chi connectivity index (χ0n) is 15.8. The van der Waals surface area contributed by atoms with Crippen LogP contribution in [0.25, 0.3) is 0 Å². The summed E-state index contributed by atoms with van der Waals surface area (Å²) in [7, 11) is 0. The van der Waals surface area contributed by atoms with Crippen LogP contribution in [0.2, 0.25) is 0 Å². The summed E-state index contributed by atoms with van der Waals surface area (Å²) in [6, 6.07) is 4.91. The molecule has 8 heteroatoms. The largest absolute Gasteiger partial charge is 0.475 e. The van der Waals surface area contributed by atoms with Crippen LogP contribution in [0.4, 0.5) is 21.5 Å². The molecule has 0 radical (unpaired) electrons. The van der Waals surface area contributed by atoms with E-state index in [-0.39, 0.29) is 21.8 Å². The normalized spacial score (nSPS) is 16.2. The van der Waals surface area contributed by atoms with Crippen molar-refractivity contribution in [2.45, 2.75) is 44.4 Å². The second-order valence-electron chi connectivity index (χ2n) is 7.35. The lowest BCUT2D eigenvalue weighted by Crippen LogP contribution is -2.22. The van der Waals surface area contributed by atoms with Gasteiger partial charge < -0.3 is 19.6 Å². The Labute approximate surface area is 166 Å². The molecule has 1 fully saturated rings. The number of benzene rings is 1. The van der Waals surface area contributed by atoms with Crippen LogP contribution in [0.5, 0.6) is 5.88 Å². The Kier molecular flexibility index (Phi) is 4.82. The molecule has 2 heterocycles. The third-order valence-electron chi connectivity index (χ3n) is 5.22. The van der Waals surface area contributed by atoms with E-state index in [4.69, 9.17) is 4.74 Å². The van der Waals surface area contributed by atoms with E-state index in [1.165, 1.54) is 18.0 Å². The zero-order chi connectivity index (χ0) is 19.9. The quantitative estimate of drug-likeness (QED) is 0.539. The van der Waals surface area contributed by atoms with E-state index >= 15 is 0 Å². The number of nitrogens with one attached hydrogen (secondary N) is 2. The first-order valence-corrected chi connectivity index (χ1v) is 10.1. The van der Waals surface area contributed by atoms with Crippen LogP contribution in [-0.2, 0) is 11.3 Å². The number of aldehydes is 1. The summed E-state index contributed by atoms with van der Waals surface area (Å²) in [6.07, 6.45) is 3.31. The van der Waals surface area contributed by atoms with Crippen molar-refractivity contribution in [1.29, 1.82) is 0 Å². The highest BCUT2D eigenvalue weighted by Crippen LogP contribution is 2.52. The van der Waals surface area contributed by atoms with Crippen LogP contribution in [0.3, 0.4) is 0 Å². The molecule has 2 N–H and O–H groups in total. The number of halogens is 1. The van der Waals surface area contributed by atoms with Crippen molar-refractivity contribution in [1.82, 2.24) is 4.57 Å². The van der Waals surface area contributed by atoms with Gasteiger partial charge in [0.1, 0.15) is 24.4 Å². The number of rotatable bonds is 7. The van der Waals surface area contributed by atoms with Crippen molar-refractivity contribution in [3.05, 3.63) is 45.5 Å². The molecule has 4 rings (SSSR count). The van der Waals surface area contributed by atoms with Gasteiger partial charge in [-0.05, 0) is 56.3 Å². The minimum Gasteiger partial charge on any atom is -0.475 e. The van der Waals surface area contributed by atoms with Gasteiger partial charge in [0.2, 0.25) is 5.88 Å². The van der Waals surface area contributed by atoms with Crippen LogP contribution in [-0.4, -0.2) is 22.2 Å². The van der Waals surface area contributed by atoms with E-state index in [2.05, 4.69) is 10.0 Å². The molecule has 6 nitrogen and oxygen atoms in total. The van der Waals surface area contributed by atoms with Crippen molar-refractivity contribution in [2.75, 3.05) is 16.6 Å². The number of carbonyl (C=O) groups excluding carboxylic acids is 1. The molecule has 1 aliphatic heterocycles. The molecule has 0 amide bonds. The molecule has 2 aromatic rings. The lowest BCUT2D eigenvalue weighted by molar-refractivity contribution is -0.107. The molecular formula is C20H22FN3O3S. The van der Waals surface area contributed by atoms with E-state index in [1.807, 2.05) is 13.0 Å². The van der Waals surface area contributed by atoms with Gasteiger partial charge in [0.25, 0.3) is 5.56 Å². The molecular weight excluding hydrogens is 381 g/mol. The van der Waals surface area contributed by atoms with Crippen molar-refractivity contribution >= 4 is 35.3 Å². The number of aryl methyl sites for hydroxylation is 1. The van der Waals surface area contributed by atoms with Crippen molar-refractivity contribution < 1.29 is 13.9 Å². The van der Waals surface area contributed by atoms with E-state index < -0.39 is 0 Å². The number of anilines is 3. The minimum absolute atomic E-state index is 0.117. The third kappa shape index (κ3) is 3.37. The summed E-state index contributed by atoms with van der Waals surface area (Å²) >= 11 is 1.47. The second-order valence-corrected chi connectivity index (χ2v) is 8.63. The maximum absolute atomic E-state index is 14.4. The maximum Gasteiger partial charge on any atom is 0.258 e. The standard InChI is InChI=1S/C20H22FN3O3S/c1-12-3-4-15(14(21)11-12)22-16-13(2)18(26)24-8-10-27-19(24)17(16)23-28-20(5-6-20)7-9-25/h3-4,9,11,22-23H,5-8,10H2,1-2H3. The molecule has 0 atom stereocenters. The fourth-order valence-corrected chi connectivity index (χ4v) is 4.29. The number of hydrogen-bond acceptors (Lipinski definition) is 6. The van der Waals surface area contributed by atoms with Crippen LogP contribution in [0.15, 0.2) is 23.0 Å². The highest BCUT2D eigenvalue weighted by atomic mass is 32.2. The average Bonchev–Trinajstić information content (AvgIpc) is 3.24. The van der Waals surface area contributed by atoms with Gasteiger partial charge in [0.05, 0.1) is 17.9 Å². The van der Waals surface area contributed by atoms with Crippen LogP contribution in [0, 0.1) is 19.7 Å². The number of carbonyl (C=O) groups is 1. The van der Waals surface area contributed by atoms with Gasteiger partial charge in [0.15, 0.2) is 0 Å². The molecule has 0 unspecified atom stereocenters. The topological polar surface area (TPSA) is 72.4 Å². The summed E-state index contributed by atoms with van der Waals surface area (Å²) in [4.78, 5) is 23.7. The fourth-order valence-electron chi connectivity index (χ4n) is 3.32. The van der Waals surface area contributed by atoms with Gasteiger partial charge in [-0.15, -0.1) is 0 Å². The first-order chi connectivity index (χ1) is 13.4. The van der Waals surface area contributed by atoms with Gasteiger partial charge >= 0.3 is 0 Å². The molecule has 1 aromatic carbocycles. The van der Waals surface area contributed by atoms with Gasteiger partial charge in [-0.25, -0.2) is 4.39 Å². The second kappa shape index (κ2) is 7.16. The maximum atomic E-state index is 14.4. The molecule has 0 saturated heterocycles. The first kappa shape index (κ1) is 18.9. The Morgan fingerprint density at radius 3 is 2.79 bits per heavy atom. The van der Waals surface area contributed by atoms with E-state index in [9.17, 15) is 14.0 Å². The smallest absolute Gasteiger partial charge is 0.258 e. The number of nitrogens with zero attached hydrogens (tertiary/aromatic N) is 1. The number of hydrogen-bond donors (Lipinski definition) is 2. The Morgan fingerprint density at radius 2 is 2.11 bits per heavy atom. The van der Waals surface area contributed by atoms with Crippen LogP contribution >= 0.6 is 11.9 Å². The molecule has 1 aromatic heterocycles. The minimum atomic E-state index is -0.390. The highest BCUT2D eigenvalue weighted by molar-refractivity contribution is 8.02. The Hall–Kier alpha value is -2.48. The summed E-state index contributed by atoms with van der Waals surface area (Å²) in [5, 5.41) is 3.08.